The van der Waals surface area contributed by atoms with Crippen LogP contribution in [0, 0.1) is 5.92 Å². The molecule has 0 radical (unpaired) electrons. The van der Waals surface area contributed by atoms with Gasteiger partial charge in [0.25, 0.3) is 0 Å². The number of rotatable bonds is 1. The van der Waals surface area contributed by atoms with Gasteiger partial charge in [-0.2, -0.15) is 0 Å². The van der Waals surface area contributed by atoms with Crippen LogP contribution in [0.25, 0.3) is 0 Å². The van der Waals surface area contributed by atoms with Crippen molar-refractivity contribution < 1.29 is 0 Å². The van der Waals surface area contributed by atoms with Gasteiger partial charge in [0, 0.05) is 12.7 Å². The van der Waals surface area contributed by atoms with Gasteiger partial charge in [-0.1, -0.05) is 20.4 Å². The second-order valence-electron chi connectivity index (χ2n) is 3.63. The van der Waals surface area contributed by atoms with Crippen LogP contribution in [-0.2, 0) is 0 Å². The molecule has 0 aromatic heterocycles. The largest absolute Gasteiger partial charge is 0.369 e. The Morgan fingerprint density at radius 2 is 2.00 bits per heavy atom. The molecule has 0 spiro atoms. The van der Waals surface area contributed by atoms with E-state index in [9.17, 15) is 0 Å². The van der Waals surface area contributed by atoms with Crippen LogP contribution in [0.4, 0.5) is 0 Å². The SMILES string of the molecule is C=C1N=C(N)N(C)C(C)=C1C(C)C. The summed E-state index contributed by atoms with van der Waals surface area (Å²) in [6.07, 6.45) is 0. The molecule has 0 saturated heterocycles. The van der Waals surface area contributed by atoms with E-state index in [4.69, 9.17) is 5.73 Å². The molecule has 1 aliphatic rings. The minimum absolute atomic E-state index is 0.437. The van der Waals surface area contributed by atoms with Crippen molar-refractivity contribution in [1.82, 2.24) is 4.90 Å². The van der Waals surface area contributed by atoms with Gasteiger partial charge in [0.1, 0.15) is 0 Å². The van der Waals surface area contributed by atoms with Crippen molar-refractivity contribution in [2.75, 3.05) is 7.05 Å². The summed E-state index contributed by atoms with van der Waals surface area (Å²) in [4.78, 5) is 6.08. The summed E-state index contributed by atoms with van der Waals surface area (Å²) in [5.41, 5.74) is 8.83. The zero-order valence-electron chi connectivity index (χ0n) is 8.76. The predicted molar refractivity (Wildman–Crippen MR) is 56.1 cm³/mol. The van der Waals surface area contributed by atoms with E-state index in [1.807, 2.05) is 18.9 Å². The maximum absolute atomic E-state index is 5.70. The Labute approximate surface area is 79.6 Å². The fourth-order valence-corrected chi connectivity index (χ4v) is 1.59. The first-order chi connectivity index (χ1) is 5.95. The first-order valence-electron chi connectivity index (χ1n) is 4.43. The molecule has 2 N–H and O–H groups in total. The molecule has 0 aromatic carbocycles. The molecule has 72 valence electrons. The third-order valence-corrected chi connectivity index (χ3v) is 2.37. The van der Waals surface area contributed by atoms with Crippen LogP contribution in [-0.4, -0.2) is 17.9 Å². The van der Waals surface area contributed by atoms with Gasteiger partial charge in [-0.05, 0) is 18.4 Å². The van der Waals surface area contributed by atoms with Crippen LogP contribution < -0.4 is 5.73 Å². The lowest BCUT2D eigenvalue weighted by Gasteiger charge is -2.28. The molecular formula is C10H17N3. The molecule has 0 amide bonds. The molecule has 1 rings (SSSR count). The fourth-order valence-electron chi connectivity index (χ4n) is 1.59. The van der Waals surface area contributed by atoms with Gasteiger partial charge in [0.15, 0.2) is 0 Å². The maximum Gasteiger partial charge on any atom is 0.200 e. The van der Waals surface area contributed by atoms with Gasteiger partial charge >= 0.3 is 0 Å². The number of hydrogen-bond acceptors (Lipinski definition) is 3. The average molecular weight is 179 g/mol. The van der Waals surface area contributed by atoms with Crippen LogP contribution in [0.3, 0.4) is 0 Å². The van der Waals surface area contributed by atoms with Gasteiger partial charge in [-0.15, -0.1) is 0 Å². The smallest absolute Gasteiger partial charge is 0.200 e. The van der Waals surface area contributed by atoms with E-state index in [0.29, 0.717) is 11.9 Å². The Morgan fingerprint density at radius 1 is 1.46 bits per heavy atom. The van der Waals surface area contributed by atoms with Crippen LogP contribution in [0.2, 0.25) is 0 Å². The Kier molecular flexibility index (Phi) is 2.45. The maximum atomic E-state index is 5.70. The lowest BCUT2D eigenvalue weighted by atomic mass is 9.97. The Balaban J connectivity index is 3.13. The summed E-state index contributed by atoms with van der Waals surface area (Å²) in [7, 11) is 1.92. The van der Waals surface area contributed by atoms with Crippen LogP contribution in [0.5, 0.6) is 0 Å². The van der Waals surface area contributed by atoms with Crippen molar-refractivity contribution >= 4 is 5.96 Å². The first kappa shape index (κ1) is 9.84. The second kappa shape index (κ2) is 3.24. The highest BCUT2D eigenvalue weighted by Crippen LogP contribution is 2.27. The standard InChI is InChI=1S/C10H17N3/c1-6(2)9-7(3)12-10(11)13(5)8(9)4/h6H,3H2,1-2,4-5H3,(H2,11,12). The summed E-state index contributed by atoms with van der Waals surface area (Å²) in [6.45, 7) is 10.2. The summed E-state index contributed by atoms with van der Waals surface area (Å²) in [5.74, 6) is 0.957. The fraction of sp³-hybridized carbons (Fsp3) is 0.500. The third-order valence-electron chi connectivity index (χ3n) is 2.37. The van der Waals surface area contributed by atoms with E-state index in [2.05, 4.69) is 25.4 Å². The molecular weight excluding hydrogens is 162 g/mol. The van der Waals surface area contributed by atoms with Gasteiger partial charge < -0.3 is 10.6 Å². The van der Waals surface area contributed by atoms with Crippen LogP contribution >= 0.6 is 0 Å². The highest BCUT2D eigenvalue weighted by atomic mass is 15.3. The third kappa shape index (κ3) is 1.59. The zero-order chi connectivity index (χ0) is 10.2. The summed E-state index contributed by atoms with van der Waals surface area (Å²) in [6, 6.07) is 0. The molecule has 0 bridgehead atoms. The topological polar surface area (TPSA) is 41.6 Å². The number of nitrogens with two attached hydrogens (primary N) is 1. The van der Waals surface area contributed by atoms with E-state index in [1.54, 1.807) is 0 Å². The lowest BCUT2D eigenvalue weighted by molar-refractivity contribution is 0.574. The quantitative estimate of drug-likeness (QED) is 0.665. The summed E-state index contributed by atoms with van der Waals surface area (Å²) < 4.78 is 0. The van der Waals surface area contributed by atoms with Crippen molar-refractivity contribution in [1.29, 1.82) is 0 Å². The lowest BCUT2D eigenvalue weighted by Crippen LogP contribution is -2.36. The zero-order valence-corrected chi connectivity index (χ0v) is 8.76. The molecule has 3 nitrogen and oxygen atoms in total. The van der Waals surface area contributed by atoms with Gasteiger partial charge in [0.2, 0.25) is 5.96 Å². The highest BCUT2D eigenvalue weighted by Gasteiger charge is 2.20. The monoisotopic (exact) mass is 179 g/mol. The van der Waals surface area contributed by atoms with Crippen molar-refractivity contribution in [3.8, 4) is 0 Å². The molecule has 0 aromatic rings. The highest BCUT2D eigenvalue weighted by molar-refractivity contribution is 5.83. The van der Waals surface area contributed by atoms with E-state index >= 15 is 0 Å². The van der Waals surface area contributed by atoms with Crippen molar-refractivity contribution in [2.45, 2.75) is 20.8 Å². The van der Waals surface area contributed by atoms with E-state index in [0.717, 1.165) is 11.4 Å². The minimum Gasteiger partial charge on any atom is -0.369 e. The molecule has 3 heteroatoms. The van der Waals surface area contributed by atoms with Crippen molar-refractivity contribution in [3.63, 3.8) is 0 Å². The van der Waals surface area contributed by atoms with Crippen LogP contribution in [0.15, 0.2) is 28.5 Å². The van der Waals surface area contributed by atoms with Gasteiger partial charge in [-0.25, -0.2) is 4.99 Å². The Morgan fingerprint density at radius 3 is 2.46 bits per heavy atom. The van der Waals surface area contributed by atoms with Crippen LogP contribution in [0.1, 0.15) is 20.8 Å². The number of allylic oxidation sites excluding steroid dienone is 2. The summed E-state index contributed by atoms with van der Waals surface area (Å²) >= 11 is 0. The molecule has 0 aliphatic carbocycles. The Bertz CT molecular complexity index is 297. The molecule has 0 saturated carbocycles. The molecule has 0 atom stereocenters. The van der Waals surface area contributed by atoms with E-state index in [1.165, 1.54) is 5.57 Å². The normalized spacial score (nSPS) is 18.4. The van der Waals surface area contributed by atoms with Gasteiger partial charge in [0.05, 0.1) is 5.70 Å². The molecule has 0 unspecified atom stereocenters. The molecule has 13 heavy (non-hydrogen) atoms. The predicted octanol–water partition coefficient (Wildman–Crippen LogP) is 1.69. The molecule has 1 aliphatic heterocycles. The first-order valence-corrected chi connectivity index (χ1v) is 4.43. The second-order valence-corrected chi connectivity index (χ2v) is 3.63. The van der Waals surface area contributed by atoms with Crippen molar-refractivity contribution in [3.05, 3.63) is 23.5 Å². The number of guanidine groups is 1. The summed E-state index contributed by atoms with van der Waals surface area (Å²) in [5, 5.41) is 0. The van der Waals surface area contributed by atoms with E-state index < -0.39 is 0 Å². The number of hydrogen-bond donors (Lipinski definition) is 1. The van der Waals surface area contributed by atoms with Crippen molar-refractivity contribution in [2.24, 2.45) is 16.6 Å². The molecule has 0 fully saturated rings. The van der Waals surface area contributed by atoms with E-state index in [-0.39, 0.29) is 0 Å². The number of nitrogens with zero attached hydrogens (tertiary/aromatic N) is 2. The Hall–Kier alpha value is -1.25. The molecule has 1 heterocycles. The van der Waals surface area contributed by atoms with Gasteiger partial charge in [-0.3, -0.25) is 0 Å². The average Bonchev–Trinajstić information content (AvgIpc) is 1.99. The number of aliphatic imine (C=N–C) groups is 1. The minimum atomic E-state index is 0.437.